The summed E-state index contributed by atoms with van der Waals surface area (Å²) in [4.78, 5) is 35.3. The molecular weight excluding hydrogens is 737 g/mol. The second-order valence-corrected chi connectivity index (χ2v) is 16.8. The fraction of sp³-hybridized carbons (Fsp3) is 0.660. The van der Waals surface area contributed by atoms with Gasteiger partial charge in [-0.1, -0.05) is 144 Å². The molecule has 0 saturated carbocycles. The molecule has 0 aliphatic carbocycles. The van der Waals surface area contributed by atoms with Crippen LogP contribution in [0.15, 0.2) is 85.1 Å². The van der Waals surface area contributed by atoms with Crippen LogP contribution in [0.1, 0.15) is 149 Å². The van der Waals surface area contributed by atoms with E-state index in [2.05, 4.69) is 86.8 Å². The quantitative estimate of drug-likeness (QED) is 0.0216. The summed E-state index contributed by atoms with van der Waals surface area (Å²) in [5.41, 5.74) is 0. The number of carbonyl (C=O) groups is 2. The van der Waals surface area contributed by atoms with Crippen molar-refractivity contribution >= 4 is 19.8 Å². The van der Waals surface area contributed by atoms with Crippen molar-refractivity contribution in [2.45, 2.75) is 155 Å². The number of allylic oxidation sites excluding steroid dienone is 14. The summed E-state index contributed by atoms with van der Waals surface area (Å²) in [6.45, 7) is 4.18. The number of phosphoric acid groups is 1. The number of rotatable bonds is 38. The third kappa shape index (κ3) is 42.6. The molecule has 0 aliphatic heterocycles. The molecule has 0 fully saturated rings. The first-order chi connectivity index (χ1) is 27.5. The minimum atomic E-state index is -4.40. The number of hydrogen-bond acceptors (Lipinski definition) is 7. The largest absolute Gasteiger partial charge is 0.472 e. The fourth-order valence-corrected chi connectivity index (χ4v) is 6.01. The minimum absolute atomic E-state index is 0.0146. The van der Waals surface area contributed by atoms with Gasteiger partial charge in [0.1, 0.15) is 19.8 Å². The highest BCUT2D eigenvalue weighted by molar-refractivity contribution is 7.47. The van der Waals surface area contributed by atoms with Crippen LogP contribution in [0.5, 0.6) is 0 Å². The van der Waals surface area contributed by atoms with Crippen LogP contribution < -0.4 is 0 Å². The van der Waals surface area contributed by atoms with Gasteiger partial charge >= 0.3 is 19.8 Å². The van der Waals surface area contributed by atoms with Crippen molar-refractivity contribution in [3.63, 3.8) is 0 Å². The maximum Gasteiger partial charge on any atom is 0.472 e. The lowest BCUT2D eigenvalue weighted by Crippen LogP contribution is -2.37. The molecule has 0 aromatic rings. The molecule has 9 nitrogen and oxygen atoms in total. The molecular formula is C47H81NO8P+. The van der Waals surface area contributed by atoms with E-state index in [0.29, 0.717) is 23.9 Å². The van der Waals surface area contributed by atoms with Gasteiger partial charge in [0.2, 0.25) is 0 Å². The van der Waals surface area contributed by atoms with Gasteiger partial charge in [-0.3, -0.25) is 18.6 Å². The zero-order chi connectivity index (χ0) is 42.1. The summed E-state index contributed by atoms with van der Waals surface area (Å²) in [5.74, 6) is -0.915. The van der Waals surface area contributed by atoms with Crippen molar-refractivity contribution in [1.82, 2.24) is 0 Å². The number of ether oxygens (including phenoxy) is 2. The van der Waals surface area contributed by atoms with Crippen LogP contribution in [0.3, 0.4) is 0 Å². The predicted molar refractivity (Wildman–Crippen MR) is 238 cm³/mol. The normalized spacial score (nSPS) is 14.4. The minimum Gasteiger partial charge on any atom is -0.462 e. The van der Waals surface area contributed by atoms with Crippen LogP contribution in [-0.2, 0) is 32.7 Å². The van der Waals surface area contributed by atoms with E-state index in [1.54, 1.807) is 0 Å². The van der Waals surface area contributed by atoms with E-state index in [-0.39, 0.29) is 26.1 Å². The van der Waals surface area contributed by atoms with Gasteiger partial charge in [0.15, 0.2) is 6.10 Å². The molecule has 0 bridgehead atoms. The first kappa shape index (κ1) is 54.2. The van der Waals surface area contributed by atoms with E-state index >= 15 is 0 Å². The first-order valence-corrected chi connectivity index (χ1v) is 23.3. The van der Waals surface area contributed by atoms with Gasteiger partial charge < -0.3 is 18.9 Å². The smallest absolute Gasteiger partial charge is 0.462 e. The summed E-state index contributed by atoms with van der Waals surface area (Å²) in [7, 11) is 1.42. The molecule has 1 unspecified atom stereocenters. The van der Waals surface area contributed by atoms with Crippen molar-refractivity contribution in [3.8, 4) is 0 Å². The first-order valence-electron chi connectivity index (χ1n) is 21.8. The fourth-order valence-electron chi connectivity index (χ4n) is 5.27. The monoisotopic (exact) mass is 819 g/mol. The average Bonchev–Trinajstić information content (AvgIpc) is 3.16. The van der Waals surface area contributed by atoms with E-state index in [4.69, 9.17) is 18.5 Å². The summed E-state index contributed by atoms with van der Waals surface area (Å²) in [6, 6.07) is 0. The Kier molecular flexibility index (Phi) is 36.8. The molecule has 0 aromatic carbocycles. The Morgan fingerprint density at radius 1 is 0.561 bits per heavy atom. The van der Waals surface area contributed by atoms with Gasteiger partial charge in [-0.05, 0) is 77.0 Å². The predicted octanol–water partition coefficient (Wildman–Crippen LogP) is 12.4. The molecule has 57 heavy (non-hydrogen) atoms. The SMILES string of the molecule is CC/C=C/C/C=C/C/C=C/C/C=C/C/C=C/C/C=C/CCC(=O)OC[C@@H](COP(=O)(O)OCC[N+](C)(C)C)OC(=O)CCCCCCC/C=C/CCCCCCC. The average molecular weight is 819 g/mol. The van der Waals surface area contributed by atoms with E-state index in [9.17, 15) is 19.0 Å². The third-order valence-corrected chi connectivity index (χ3v) is 9.66. The number of unbranched alkanes of at least 4 members (excludes halogenated alkanes) is 10. The maximum atomic E-state index is 12.7. The molecule has 0 heterocycles. The number of carbonyl (C=O) groups excluding carboxylic acids is 2. The van der Waals surface area contributed by atoms with Gasteiger partial charge in [0.05, 0.1) is 27.7 Å². The number of phosphoric ester groups is 1. The molecule has 0 radical (unpaired) electrons. The highest BCUT2D eigenvalue weighted by atomic mass is 31.2. The van der Waals surface area contributed by atoms with E-state index in [1.165, 1.54) is 38.5 Å². The molecule has 0 aliphatic rings. The van der Waals surface area contributed by atoms with Crippen LogP contribution in [0, 0.1) is 0 Å². The van der Waals surface area contributed by atoms with E-state index < -0.39 is 32.5 Å². The summed E-state index contributed by atoms with van der Waals surface area (Å²) in [5, 5.41) is 0. The van der Waals surface area contributed by atoms with Crippen molar-refractivity contribution in [3.05, 3.63) is 85.1 Å². The van der Waals surface area contributed by atoms with Crippen LogP contribution in [-0.4, -0.2) is 74.9 Å². The van der Waals surface area contributed by atoms with E-state index in [1.807, 2.05) is 33.3 Å². The van der Waals surface area contributed by atoms with Crippen LogP contribution in [0.2, 0.25) is 0 Å². The number of likely N-dealkylation sites (N-methyl/N-ethyl adjacent to an activating group) is 1. The van der Waals surface area contributed by atoms with Gasteiger partial charge in [0.25, 0.3) is 0 Å². The molecule has 10 heteroatoms. The molecule has 0 amide bonds. The number of nitrogens with zero attached hydrogens (tertiary/aromatic N) is 1. The lowest BCUT2D eigenvalue weighted by Gasteiger charge is -2.24. The van der Waals surface area contributed by atoms with Crippen molar-refractivity contribution < 1.29 is 42.1 Å². The maximum absolute atomic E-state index is 12.7. The third-order valence-electron chi connectivity index (χ3n) is 8.67. The van der Waals surface area contributed by atoms with Crippen molar-refractivity contribution in [2.75, 3.05) is 47.5 Å². The van der Waals surface area contributed by atoms with Crippen LogP contribution in [0.25, 0.3) is 0 Å². The van der Waals surface area contributed by atoms with Gasteiger partial charge in [-0.2, -0.15) is 0 Å². The summed E-state index contributed by atoms with van der Waals surface area (Å²) >= 11 is 0. The van der Waals surface area contributed by atoms with Gasteiger partial charge in [-0.15, -0.1) is 0 Å². The lowest BCUT2D eigenvalue weighted by molar-refractivity contribution is -0.870. The summed E-state index contributed by atoms with van der Waals surface area (Å²) < 4.78 is 34.2. The second-order valence-electron chi connectivity index (χ2n) is 15.3. The standard InChI is InChI=1S/C47H80NO8P/c1-6-8-10-12-14-16-18-20-22-23-24-25-26-28-29-31-33-35-37-39-46(49)53-43-45(44-55-57(51,52)54-42-41-48(3,4)5)56-47(50)40-38-36-34-32-30-27-21-19-17-15-13-11-9-7-2/h8,10,14,16,19-22,24-25,28-29,33,35,45H,6-7,9,11-13,15,17-18,23,26-27,30-32,34,36-44H2,1-5H3/p+1/b10-8+,16-14+,21-19+,22-20+,25-24+,29-28+,35-33+/t45-/m0/s1. The van der Waals surface area contributed by atoms with Gasteiger partial charge in [-0.25, -0.2) is 4.57 Å². The molecule has 0 spiro atoms. The van der Waals surface area contributed by atoms with Crippen molar-refractivity contribution in [2.24, 2.45) is 0 Å². The van der Waals surface area contributed by atoms with Crippen LogP contribution >= 0.6 is 7.82 Å². The van der Waals surface area contributed by atoms with E-state index in [0.717, 1.165) is 70.6 Å². The molecule has 0 aromatic heterocycles. The molecule has 1 N–H and O–H groups in total. The zero-order valence-corrected chi connectivity index (χ0v) is 37.4. The molecule has 326 valence electrons. The Labute approximate surface area is 348 Å². The highest BCUT2D eigenvalue weighted by Crippen LogP contribution is 2.43. The second kappa shape index (κ2) is 38.7. The molecule has 0 rings (SSSR count). The molecule has 2 atom stereocenters. The Bertz CT molecular complexity index is 1240. The Morgan fingerprint density at radius 3 is 1.56 bits per heavy atom. The topological polar surface area (TPSA) is 108 Å². The Balaban J connectivity index is 4.51. The lowest BCUT2D eigenvalue weighted by atomic mass is 10.1. The number of esters is 2. The number of hydrogen-bond donors (Lipinski definition) is 1. The highest BCUT2D eigenvalue weighted by Gasteiger charge is 2.27. The molecule has 0 saturated heterocycles. The Hall–Kier alpha value is -2.81. The van der Waals surface area contributed by atoms with Gasteiger partial charge in [0, 0.05) is 12.8 Å². The number of quaternary nitrogens is 1. The van der Waals surface area contributed by atoms with Crippen LogP contribution in [0.4, 0.5) is 0 Å². The van der Waals surface area contributed by atoms with Crippen molar-refractivity contribution in [1.29, 1.82) is 0 Å². The zero-order valence-electron chi connectivity index (χ0n) is 36.5. The summed E-state index contributed by atoms with van der Waals surface area (Å²) in [6.07, 6.45) is 49.3. The Morgan fingerprint density at radius 2 is 1.04 bits per heavy atom.